The number of carbonyl (C=O) groups is 2. The number of esters is 2. The molecule has 8 nitrogen and oxygen atoms in total. The number of hydrogen-bond donors (Lipinski definition) is 2. The summed E-state index contributed by atoms with van der Waals surface area (Å²) >= 11 is 6.39. The Balaban J connectivity index is 0.000000406. The van der Waals surface area contributed by atoms with Gasteiger partial charge in [0.15, 0.2) is 5.57 Å². The van der Waals surface area contributed by atoms with Crippen LogP contribution in [0.15, 0.2) is 57.6 Å². The Labute approximate surface area is 179 Å². The third-order valence-corrected chi connectivity index (χ3v) is 3.79. The third kappa shape index (κ3) is 8.96. The third-order valence-electron chi connectivity index (χ3n) is 2.85. The van der Waals surface area contributed by atoms with E-state index in [0.29, 0.717) is 16.0 Å². The van der Waals surface area contributed by atoms with Crippen LogP contribution in [0.2, 0.25) is 0 Å². The van der Waals surface area contributed by atoms with Gasteiger partial charge in [-0.3, -0.25) is 0 Å². The molecule has 0 saturated heterocycles. The fraction of sp³-hybridized carbons (Fsp3) is 0.222. The fourth-order valence-corrected chi connectivity index (χ4v) is 2.09. The minimum Gasteiger partial charge on any atom is -0.462 e. The molecule has 0 aliphatic carbocycles. The van der Waals surface area contributed by atoms with Crippen LogP contribution >= 0.6 is 31.9 Å². The number of nitrogen functional groups attached to an aromatic ring is 1. The number of aromatic nitrogens is 2. The van der Waals surface area contributed by atoms with Crippen LogP contribution in [0.4, 0.5) is 11.4 Å². The smallest absolute Gasteiger partial charge is 0.347 e. The Hall–Kier alpha value is -2.46. The molecule has 2 aromatic heterocycles. The molecule has 3 N–H and O–H groups in total. The zero-order chi connectivity index (χ0) is 20.9. The van der Waals surface area contributed by atoms with Crippen molar-refractivity contribution in [3.8, 4) is 0 Å². The zero-order valence-corrected chi connectivity index (χ0v) is 18.5. The highest BCUT2D eigenvalue weighted by Crippen LogP contribution is 2.11. The summed E-state index contributed by atoms with van der Waals surface area (Å²) in [5, 5.41) is 2.80. The Kier molecular flexibility index (Phi) is 10.8. The normalized spacial score (nSPS) is 9.43. The summed E-state index contributed by atoms with van der Waals surface area (Å²) in [6.45, 7) is 3.67. The number of rotatable bonds is 6. The summed E-state index contributed by atoms with van der Waals surface area (Å²) in [7, 11) is 0. The van der Waals surface area contributed by atoms with Gasteiger partial charge >= 0.3 is 11.9 Å². The molecule has 10 heteroatoms. The highest BCUT2D eigenvalue weighted by molar-refractivity contribution is 9.10. The van der Waals surface area contributed by atoms with E-state index in [1.54, 1.807) is 50.5 Å². The molecule has 0 atom stereocenters. The van der Waals surface area contributed by atoms with Gasteiger partial charge in [-0.05, 0) is 70.0 Å². The van der Waals surface area contributed by atoms with Crippen molar-refractivity contribution in [3.63, 3.8) is 0 Å². The fourth-order valence-electron chi connectivity index (χ4n) is 1.62. The van der Waals surface area contributed by atoms with Gasteiger partial charge in [0.05, 0.1) is 37.0 Å². The maximum Gasteiger partial charge on any atom is 0.347 e. The second-order valence-electron chi connectivity index (χ2n) is 4.93. The molecule has 2 rings (SSSR count). The SMILES string of the molecule is CCOC(=O)C(=CNc1ccc(Br)nc1)C(=O)OCC.Nc1ccc(Br)nc1. The summed E-state index contributed by atoms with van der Waals surface area (Å²) in [5.74, 6) is -1.47. The van der Waals surface area contributed by atoms with Crippen LogP contribution in [0.5, 0.6) is 0 Å². The number of carbonyl (C=O) groups excluding carboxylic acids is 2. The van der Waals surface area contributed by atoms with E-state index < -0.39 is 11.9 Å². The summed E-state index contributed by atoms with van der Waals surface area (Å²) in [6.07, 6.45) is 4.40. The highest BCUT2D eigenvalue weighted by Gasteiger charge is 2.20. The molecule has 0 radical (unpaired) electrons. The Morgan fingerprint density at radius 2 is 1.54 bits per heavy atom. The predicted molar refractivity (Wildman–Crippen MR) is 113 cm³/mol. The highest BCUT2D eigenvalue weighted by atomic mass is 79.9. The van der Waals surface area contributed by atoms with E-state index >= 15 is 0 Å². The average molecular weight is 516 g/mol. The molecule has 0 saturated carbocycles. The van der Waals surface area contributed by atoms with Gasteiger partial charge < -0.3 is 20.5 Å². The van der Waals surface area contributed by atoms with Crippen molar-refractivity contribution in [2.45, 2.75) is 13.8 Å². The number of halogens is 2. The topological polar surface area (TPSA) is 116 Å². The Bertz CT molecular complexity index is 755. The molecular weight excluding hydrogens is 496 g/mol. The predicted octanol–water partition coefficient (Wildman–Crippen LogP) is 3.69. The lowest BCUT2D eigenvalue weighted by molar-refractivity contribution is -0.146. The molecule has 0 amide bonds. The number of anilines is 2. The van der Waals surface area contributed by atoms with Crippen molar-refractivity contribution in [3.05, 3.63) is 57.6 Å². The van der Waals surface area contributed by atoms with Crippen LogP contribution in [0.1, 0.15) is 13.8 Å². The first kappa shape index (κ1) is 23.6. The van der Waals surface area contributed by atoms with Gasteiger partial charge in [-0.15, -0.1) is 0 Å². The number of pyridine rings is 2. The van der Waals surface area contributed by atoms with E-state index in [4.69, 9.17) is 15.2 Å². The Morgan fingerprint density at radius 3 is 1.93 bits per heavy atom. The molecule has 0 unspecified atom stereocenters. The molecular formula is C18H20Br2N4O4. The van der Waals surface area contributed by atoms with E-state index in [1.165, 1.54) is 6.20 Å². The second kappa shape index (κ2) is 12.8. The lowest BCUT2D eigenvalue weighted by Crippen LogP contribution is -2.19. The van der Waals surface area contributed by atoms with E-state index in [2.05, 4.69) is 47.1 Å². The minimum atomic E-state index is -0.733. The van der Waals surface area contributed by atoms with Gasteiger partial charge in [-0.2, -0.15) is 0 Å². The van der Waals surface area contributed by atoms with Gasteiger partial charge in [0.1, 0.15) is 9.21 Å². The Morgan fingerprint density at radius 1 is 1.00 bits per heavy atom. The summed E-state index contributed by atoms with van der Waals surface area (Å²) in [5.41, 5.74) is 6.46. The molecule has 0 aliphatic rings. The molecule has 0 fully saturated rings. The molecule has 0 spiro atoms. The monoisotopic (exact) mass is 514 g/mol. The van der Waals surface area contributed by atoms with Crippen molar-refractivity contribution >= 4 is 55.2 Å². The first-order valence-corrected chi connectivity index (χ1v) is 9.75. The van der Waals surface area contributed by atoms with Gasteiger partial charge in [0.25, 0.3) is 0 Å². The molecule has 150 valence electrons. The van der Waals surface area contributed by atoms with Crippen LogP contribution in [0.3, 0.4) is 0 Å². The van der Waals surface area contributed by atoms with Crippen LogP contribution in [0.25, 0.3) is 0 Å². The number of nitrogens with two attached hydrogens (primary N) is 1. The van der Waals surface area contributed by atoms with E-state index in [0.717, 1.165) is 4.60 Å². The van der Waals surface area contributed by atoms with Crippen LogP contribution in [-0.4, -0.2) is 35.1 Å². The lowest BCUT2D eigenvalue weighted by Gasteiger charge is -2.07. The second-order valence-corrected chi connectivity index (χ2v) is 6.55. The zero-order valence-electron chi connectivity index (χ0n) is 15.3. The number of nitrogens with zero attached hydrogens (tertiary/aromatic N) is 2. The van der Waals surface area contributed by atoms with Crippen molar-refractivity contribution in [1.29, 1.82) is 0 Å². The maximum atomic E-state index is 11.7. The van der Waals surface area contributed by atoms with Gasteiger partial charge in [0.2, 0.25) is 0 Å². The number of nitrogens with one attached hydrogen (secondary N) is 1. The minimum absolute atomic E-state index is 0.176. The van der Waals surface area contributed by atoms with E-state index in [-0.39, 0.29) is 18.8 Å². The lowest BCUT2D eigenvalue weighted by atomic mass is 10.3. The summed E-state index contributed by atoms with van der Waals surface area (Å²) in [4.78, 5) is 31.2. The molecule has 28 heavy (non-hydrogen) atoms. The van der Waals surface area contributed by atoms with E-state index in [9.17, 15) is 9.59 Å². The summed E-state index contributed by atoms with van der Waals surface area (Å²) in [6, 6.07) is 7.05. The average Bonchev–Trinajstić information content (AvgIpc) is 2.67. The van der Waals surface area contributed by atoms with Crippen molar-refractivity contribution in [2.75, 3.05) is 24.3 Å². The quantitative estimate of drug-likeness (QED) is 0.197. The van der Waals surface area contributed by atoms with Gasteiger partial charge in [-0.25, -0.2) is 19.6 Å². The number of ether oxygens (including phenoxy) is 2. The molecule has 0 aliphatic heterocycles. The summed E-state index contributed by atoms with van der Waals surface area (Å²) < 4.78 is 11.1. The largest absolute Gasteiger partial charge is 0.462 e. The van der Waals surface area contributed by atoms with Crippen LogP contribution < -0.4 is 11.1 Å². The molecule has 0 aromatic carbocycles. The van der Waals surface area contributed by atoms with Crippen molar-refractivity contribution < 1.29 is 19.1 Å². The standard InChI is InChI=1S/C13H15BrN2O4.C5H5BrN2/c1-3-19-12(17)10(13(18)20-4-2)8-15-9-5-6-11(14)16-7-9;6-5-2-1-4(7)3-8-5/h5-8,15H,3-4H2,1-2H3;1-3H,7H2. The van der Waals surface area contributed by atoms with Crippen molar-refractivity contribution in [2.24, 2.45) is 0 Å². The molecule has 2 heterocycles. The number of hydrogen-bond acceptors (Lipinski definition) is 8. The van der Waals surface area contributed by atoms with Crippen LogP contribution in [-0.2, 0) is 19.1 Å². The van der Waals surface area contributed by atoms with Crippen LogP contribution in [0, 0.1) is 0 Å². The first-order chi connectivity index (χ1) is 13.4. The molecule has 2 aromatic rings. The molecule has 0 bridgehead atoms. The van der Waals surface area contributed by atoms with Gasteiger partial charge in [-0.1, -0.05) is 0 Å². The van der Waals surface area contributed by atoms with Gasteiger partial charge in [0, 0.05) is 6.20 Å². The first-order valence-electron chi connectivity index (χ1n) is 8.16. The maximum absolute atomic E-state index is 11.7. The van der Waals surface area contributed by atoms with Crippen molar-refractivity contribution in [1.82, 2.24) is 9.97 Å². The van der Waals surface area contributed by atoms with E-state index in [1.807, 2.05) is 0 Å².